The van der Waals surface area contributed by atoms with E-state index < -0.39 is 17.4 Å². The molecule has 2 heterocycles. The van der Waals surface area contributed by atoms with Crippen molar-refractivity contribution in [2.75, 3.05) is 0 Å². The fourth-order valence-electron chi connectivity index (χ4n) is 3.08. The molecule has 0 bridgehead atoms. The molecule has 1 unspecified atom stereocenters. The van der Waals surface area contributed by atoms with Crippen molar-refractivity contribution in [1.29, 1.82) is 0 Å². The van der Waals surface area contributed by atoms with Crippen molar-refractivity contribution >= 4 is 22.7 Å². The summed E-state index contributed by atoms with van der Waals surface area (Å²) in [4.78, 5) is 8.51. The normalized spacial score (nSPS) is 19.6. The number of nitrogens with zero attached hydrogens (tertiary/aromatic N) is 4. The predicted molar refractivity (Wildman–Crippen MR) is 99.0 cm³/mol. The van der Waals surface area contributed by atoms with Crippen LogP contribution in [0, 0.1) is 11.6 Å². The van der Waals surface area contributed by atoms with E-state index in [-0.39, 0.29) is 17.9 Å². The van der Waals surface area contributed by atoms with E-state index in [2.05, 4.69) is 20.4 Å². The van der Waals surface area contributed by atoms with E-state index in [9.17, 15) is 8.78 Å². The summed E-state index contributed by atoms with van der Waals surface area (Å²) in [5.41, 5.74) is 13.8. The van der Waals surface area contributed by atoms with Gasteiger partial charge in [-0.1, -0.05) is 24.3 Å². The van der Waals surface area contributed by atoms with Gasteiger partial charge in [0.2, 0.25) is 5.79 Å². The van der Waals surface area contributed by atoms with Crippen molar-refractivity contribution in [2.45, 2.75) is 12.2 Å². The number of benzene rings is 2. The summed E-state index contributed by atoms with van der Waals surface area (Å²) < 4.78 is 29.3. The monoisotopic (exact) mass is 369 g/mol. The van der Waals surface area contributed by atoms with Gasteiger partial charge in [0.05, 0.1) is 11.7 Å². The van der Waals surface area contributed by atoms with E-state index in [0.717, 1.165) is 22.5 Å². The number of aryl methyl sites for hydroxylation is 1. The van der Waals surface area contributed by atoms with Crippen LogP contribution in [-0.4, -0.2) is 27.4 Å². The SMILES string of the molecule is Cn1ncc2ccc(C3=NC(N)(Cc4cccc(F)c4F)N=C(N)N3)cc21. The number of nitrogens with one attached hydrogen (secondary N) is 1. The zero-order chi connectivity index (χ0) is 19.2. The first kappa shape index (κ1) is 17.1. The molecule has 4 rings (SSSR count). The van der Waals surface area contributed by atoms with Crippen LogP contribution in [0.3, 0.4) is 0 Å². The molecule has 0 aliphatic carbocycles. The van der Waals surface area contributed by atoms with E-state index >= 15 is 0 Å². The number of halogens is 2. The van der Waals surface area contributed by atoms with E-state index in [0.29, 0.717) is 5.84 Å². The minimum atomic E-state index is -1.55. The molecule has 1 aliphatic heterocycles. The molecule has 5 N–H and O–H groups in total. The molecule has 138 valence electrons. The van der Waals surface area contributed by atoms with Crippen LogP contribution in [0.15, 0.2) is 52.6 Å². The van der Waals surface area contributed by atoms with Gasteiger partial charge in [0.25, 0.3) is 0 Å². The number of rotatable bonds is 3. The van der Waals surface area contributed by atoms with Crippen LogP contribution < -0.4 is 16.8 Å². The first-order valence-electron chi connectivity index (χ1n) is 8.21. The zero-order valence-corrected chi connectivity index (χ0v) is 14.4. The van der Waals surface area contributed by atoms with Crippen molar-refractivity contribution < 1.29 is 8.78 Å². The van der Waals surface area contributed by atoms with E-state index in [1.165, 1.54) is 12.1 Å². The maximum absolute atomic E-state index is 14.0. The molecule has 3 aromatic rings. The van der Waals surface area contributed by atoms with E-state index in [1.54, 1.807) is 10.9 Å². The Bertz CT molecular complexity index is 1100. The van der Waals surface area contributed by atoms with Gasteiger partial charge in [-0.05, 0) is 17.7 Å². The van der Waals surface area contributed by atoms with Crippen LogP contribution in [0.5, 0.6) is 0 Å². The summed E-state index contributed by atoms with van der Waals surface area (Å²) >= 11 is 0. The Morgan fingerprint density at radius 3 is 2.81 bits per heavy atom. The van der Waals surface area contributed by atoms with Gasteiger partial charge in [-0.25, -0.2) is 18.8 Å². The quantitative estimate of drug-likeness (QED) is 0.648. The van der Waals surface area contributed by atoms with Crippen LogP contribution in [0.25, 0.3) is 10.9 Å². The van der Waals surface area contributed by atoms with Gasteiger partial charge in [0.1, 0.15) is 5.84 Å². The number of hydrogen-bond donors (Lipinski definition) is 3. The average molecular weight is 369 g/mol. The van der Waals surface area contributed by atoms with Gasteiger partial charge in [0.15, 0.2) is 17.6 Å². The zero-order valence-electron chi connectivity index (χ0n) is 14.4. The van der Waals surface area contributed by atoms with Crippen LogP contribution >= 0.6 is 0 Å². The van der Waals surface area contributed by atoms with Crippen LogP contribution in [0.1, 0.15) is 11.1 Å². The molecular weight excluding hydrogens is 352 g/mol. The highest BCUT2D eigenvalue weighted by Crippen LogP contribution is 2.22. The van der Waals surface area contributed by atoms with Gasteiger partial charge in [-0.2, -0.15) is 5.10 Å². The highest BCUT2D eigenvalue weighted by molar-refractivity contribution is 6.10. The Morgan fingerprint density at radius 1 is 1.19 bits per heavy atom. The maximum atomic E-state index is 14.0. The first-order chi connectivity index (χ1) is 12.8. The molecule has 27 heavy (non-hydrogen) atoms. The summed E-state index contributed by atoms with van der Waals surface area (Å²) in [7, 11) is 1.83. The fraction of sp³-hybridized carbons (Fsp3) is 0.167. The molecule has 0 spiro atoms. The molecule has 7 nitrogen and oxygen atoms in total. The highest BCUT2D eigenvalue weighted by Gasteiger charge is 2.31. The molecule has 2 aromatic carbocycles. The first-order valence-corrected chi connectivity index (χ1v) is 8.21. The summed E-state index contributed by atoms with van der Waals surface area (Å²) in [5.74, 6) is -3.04. The second-order valence-electron chi connectivity index (χ2n) is 6.39. The van der Waals surface area contributed by atoms with Gasteiger partial charge < -0.3 is 11.1 Å². The predicted octanol–water partition coefficient (Wildman–Crippen LogP) is 1.37. The Labute approximate surface area is 153 Å². The summed E-state index contributed by atoms with van der Waals surface area (Å²) in [6, 6.07) is 9.52. The molecule has 0 fully saturated rings. The lowest BCUT2D eigenvalue weighted by Gasteiger charge is -2.27. The van der Waals surface area contributed by atoms with E-state index in [1.807, 2.05) is 25.2 Å². The van der Waals surface area contributed by atoms with Crippen molar-refractivity contribution in [3.63, 3.8) is 0 Å². The third-order valence-corrected chi connectivity index (χ3v) is 4.37. The lowest BCUT2D eigenvalue weighted by molar-refractivity contribution is 0.434. The second kappa shape index (κ2) is 6.13. The topological polar surface area (TPSA) is 107 Å². The molecule has 1 atom stereocenters. The number of nitrogens with two attached hydrogens (primary N) is 2. The van der Waals surface area contributed by atoms with Gasteiger partial charge in [-0.3, -0.25) is 10.4 Å². The largest absolute Gasteiger partial charge is 0.370 e. The maximum Gasteiger partial charge on any atom is 0.212 e. The van der Waals surface area contributed by atoms with Gasteiger partial charge in [0, 0.05) is 24.4 Å². The van der Waals surface area contributed by atoms with Crippen molar-refractivity contribution in [2.24, 2.45) is 28.5 Å². The molecule has 0 saturated carbocycles. The molecule has 1 aromatic heterocycles. The van der Waals surface area contributed by atoms with E-state index in [4.69, 9.17) is 11.5 Å². The minimum absolute atomic E-state index is 0.0458. The third kappa shape index (κ3) is 3.13. The Balaban J connectivity index is 1.74. The molecule has 0 radical (unpaired) electrons. The van der Waals surface area contributed by atoms with Crippen LogP contribution in [0.4, 0.5) is 8.78 Å². The Kier molecular flexibility index (Phi) is 3.88. The molecule has 0 amide bonds. The molecule has 0 saturated heterocycles. The minimum Gasteiger partial charge on any atom is -0.370 e. The fourth-order valence-corrected chi connectivity index (χ4v) is 3.08. The average Bonchev–Trinajstić information content (AvgIpc) is 2.99. The summed E-state index contributed by atoms with van der Waals surface area (Å²) in [6.07, 6.45) is 1.61. The molecular formula is C18H17F2N7. The summed E-state index contributed by atoms with van der Waals surface area (Å²) in [5, 5.41) is 8.05. The van der Waals surface area contributed by atoms with Crippen molar-refractivity contribution in [1.82, 2.24) is 15.1 Å². The smallest absolute Gasteiger partial charge is 0.212 e. The lowest BCUT2D eigenvalue weighted by Crippen LogP contribution is -2.51. The van der Waals surface area contributed by atoms with Crippen LogP contribution in [0.2, 0.25) is 0 Å². The number of amidine groups is 1. The number of fused-ring (bicyclic) bond motifs is 1. The lowest BCUT2D eigenvalue weighted by atomic mass is 10.1. The number of aromatic nitrogens is 2. The Hall–Kier alpha value is -3.33. The van der Waals surface area contributed by atoms with Crippen molar-refractivity contribution in [3.05, 3.63) is 65.4 Å². The number of guanidine groups is 1. The van der Waals surface area contributed by atoms with Crippen molar-refractivity contribution in [3.8, 4) is 0 Å². The highest BCUT2D eigenvalue weighted by atomic mass is 19.2. The molecule has 1 aliphatic rings. The summed E-state index contributed by atoms with van der Waals surface area (Å²) in [6.45, 7) is 0. The number of aliphatic imine (C=N–C) groups is 2. The standard InChI is InChI=1S/C18H17F2N7/c1-27-14-7-10(5-6-12(14)9-23-27)16-24-17(21)26-18(22,25-16)8-11-3-2-4-13(19)15(11)20/h2-7,9H,8,22H2,1H3,(H3,21,24,25,26). The van der Waals surface area contributed by atoms with Crippen LogP contribution in [-0.2, 0) is 13.5 Å². The van der Waals surface area contributed by atoms with Gasteiger partial charge >= 0.3 is 0 Å². The third-order valence-electron chi connectivity index (χ3n) is 4.37. The Morgan fingerprint density at radius 2 is 2.00 bits per heavy atom. The molecule has 9 heteroatoms. The second-order valence-corrected chi connectivity index (χ2v) is 6.39. The number of hydrogen-bond acceptors (Lipinski definition) is 6. The van der Waals surface area contributed by atoms with Gasteiger partial charge in [-0.15, -0.1) is 0 Å².